The maximum absolute atomic E-state index is 13.7. The molecule has 1 saturated heterocycles. The van der Waals surface area contributed by atoms with Crippen LogP contribution in [0, 0.1) is 17.8 Å². The molecule has 1 aromatic heterocycles. The minimum absolute atomic E-state index is 0.00103. The summed E-state index contributed by atoms with van der Waals surface area (Å²) in [6.07, 6.45) is 5.15. The number of ether oxygens (including phenoxy) is 7. The van der Waals surface area contributed by atoms with Crippen molar-refractivity contribution in [1.82, 2.24) is 9.88 Å². The second-order valence-electron chi connectivity index (χ2n) is 14.1. The van der Waals surface area contributed by atoms with E-state index in [-0.39, 0.29) is 29.2 Å². The predicted octanol–water partition coefficient (Wildman–Crippen LogP) is 6.32. The summed E-state index contributed by atoms with van der Waals surface area (Å²) >= 11 is 0. The lowest BCUT2D eigenvalue weighted by Crippen LogP contribution is -2.58. The van der Waals surface area contributed by atoms with Crippen molar-refractivity contribution in [3.05, 3.63) is 46.6 Å². The van der Waals surface area contributed by atoms with Crippen LogP contribution in [0.4, 0.5) is 0 Å². The normalized spacial score (nSPS) is 23.9. The minimum Gasteiger partial charge on any atom is -0.496 e. The lowest BCUT2D eigenvalue weighted by atomic mass is 9.63. The Morgan fingerprint density at radius 2 is 1.62 bits per heavy atom. The van der Waals surface area contributed by atoms with Crippen LogP contribution in [0.2, 0.25) is 0 Å². The van der Waals surface area contributed by atoms with Gasteiger partial charge in [0.15, 0.2) is 17.3 Å². The highest BCUT2D eigenvalue weighted by atomic mass is 16.6. The van der Waals surface area contributed by atoms with Gasteiger partial charge in [-0.05, 0) is 67.3 Å². The molecule has 0 spiro atoms. The third-order valence-electron chi connectivity index (χ3n) is 11.4. The number of aromatic amines is 1. The van der Waals surface area contributed by atoms with Crippen LogP contribution >= 0.6 is 0 Å². The zero-order valence-electron chi connectivity index (χ0n) is 31.4. The summed E-state index contributed by atoms with van der Waals surface area (Å²) in [5.41, 5.74) is 3.97. The second kappa shape index (κ2) is 16.2. The summed E-state index contributed by atoms with van der Waals surface area (Å²) in [6, 6.07) is 7.07. The standard InChI is InChI=1S/C40H52N2O10/c1-8-9-10-11-12-28(43)34-29(46-2)14-13-24-25-15-16-42-21-23-19-32(52-39(44)22-17-30(47-3)37(49-5)31(18-22)48-4)38(50-6)33(40(45)51-7)26(23)20-27(42)35(25)41-36(24)34/h13-14,17-18,23,26-27,32-33,38,41H,8-12,15-16,19-21H2,1-7H3/t23-,26+,27-,32-,33+,38+/m1/s1. The number of ketones is 1. The van der Waals surface area contributed by atoms with Crippen molar-refractivity contribution in [2.45, 2.75) is 76.5 Å². The Morgan fingerprint density at radius 1 is 0.885 bits per heavy atom. The highest BCUT2D eigenvalue weighted by Gasteiger charge is 2.54. The van der Waals surface area contributed by atoms with E-state index in [1.165, 1.54) is 34.0 Å². The van der Waals surface area contributed by atoms with Crippen LogP contribution in [0.5, 0.6) is 23.0 Å². The molecule has 0 radical (unpaired) electrons. The molecule has 3 aromatic rings. The molecule has 6 atom stereocenters. The number of carbonyl (C=O) groups is 3. The lowest BCUT2D eigenvalue weighted by molar-refractivity contribution is -0.176. The molecule has 12 nitrogen and oxygen atoms in total. The van der Waals surface area contributed by atoms with Crippen LogP contribution in [0.25, 0.3) is 10.9 Å². The maximum atomic E-state index is 13.7. The number of piperidine rings is 1. The Labute approximate surface area is 305 Å². The molecule has 52 heavy (non-hydrogen) atoms. The number of nitrogens with zero attached hydrogens (tertiary/aromatic N) is 1. The number of unbranched alkanes of at least 4 members (excludes halogenated alkanes) is 3. The quantitative estimate of drug-likeness (QED) is 0.114. The van der Waals surface area contributed by atoms with Gasteiger partial charge in [0.1, 0.15) is 18.0 Å². The van der Waals surface area contributed by atoms with E-state index in [4.69, 9.17) is 33.2 Å². The molecule has 3 heterocycles. The Kier molecular flexibility index (Phi) is 11.6. The zero-order valence-corrected chi connectivity index (χ0v) is 31.4. The largest absolute Gasteiger partial charge is 0.496 e. The van der Waals surface area contributed by atoms with E-state index in [1.54, 1.807) is 26.4 Å². The van der Waals surface area contributed by atoms with E-state index in [0.717, 1.165) is 55.2 Å². The minimum atomic E-state index is -0.724. The molecular weight excluding hydrogens is 668 g/mol. The van der Waals surface area contributed by atoms with Crippen LogP contribution in [-0.2, 0) is 25.4 Å². The summed E-state index contributed by atoms with van der Waals surface area (Å²) in [5, 5.41) is 1.05. The van der Waals surface area contributed by atoms with Crippen molar-refractivity contribution < 1.29 is 47.5 Å². The van der Waals surface area contributed by atoms with Gasteiger partial charge in [-0.3, -0.25) is 14.5 Å². The third-order valence-corrected chi connectivity index (χ3v) is 11.4. The molecule has 282 valence electrons. The van der Waals surface area contributed by atoms with Crippen LogP contribution < -0.4 is 18.9 Å². The highest BCUT2D eigenvalue weighted by Crippen LogP contribution is 2.51. The van der Waals surface area contributed by atoms with Crippen LogP contribution in [0.1, 0.15) is 89.9 Å². The van der Waals surface area contributed by atoms with Crippen molar-refractivity contribution in [2.75, 3.05) is 55.7 Å². The number of hydrogen-bond donors (Lipinski definition) is 1. The number of fused-ring (bicyclic) bond motifs is 6. The predicted molar refractivity (Wildman–Crippen MR) is 194 cm³/mol. The summed E-state index contributed by atoms with van der Waals surface area (Å²) in [6.45, 7) is 3.69. The summed E-state index contributed by atoms with van der Waals surface area (Å²) in [4.78, 5) is 47.2. The zero-order chi connectivity index (χ0) is 37.1. The highest BCUT2D eigenvalue weighted by molar-refractivity contribution is 6.10. The number of Topliss-reactive ketones (excluding diaryl/α,β-unsaturated/α-hetero) is 1. The fourth-order valence-electron chi connectivity index (χ4n) is 8.98. The Bertz CT molecular complexity index is 1760. The van der Waals surface area contributed by atoms with E-state index in [1.807, 2.05) is 6.07 Å². The van der Waals surface area contributed by atoms with Gasteiger partial charge in [-0.25, -0.2) is 4.79 Å². The van der Waals surface area contributed by atoms with Gasteiger partial charge in [-0.2, -0.15) is 0 Å². The van der Waals surface area contributed by atoms with E-state index >= 15 is 0 Å². The fourth-order valence-corrected chi connectivity index (χ4v) is 8.98. The van der Waals surface area contributed by atoms with E-state index < -0.39 is 30.1 Å². The van der Waals surface area contributed by atoms with Gasteiger partial charge in [0.2, 0.25) is 5.75 Å². The Hall–Kier alpha value is -4.29. The first-order valence-electron chi connectivity index (χ1n) is 18.3. The number of benzene rings is 2. The molecule has 1 saturated carbocycles. The van der Waals surface area contributed by atoms with Gasteiger partial charge in [0.25, 0.3) is 0 Å². The number of carbonyl (C=O) groups excluding carboxylic acids is 3. The first-order chi connectivity index (χ1) is 25.2. The van der Waals surface area contributed by atoms with Gasteiger partial charge < -0.3 is 38.1 Å². The molecule has 0 unspecified atom stereocenters. The molecule has 1 aliphatic carbocycles. The topological polar surface area (TPSA) is 135 Å². The molecular formula is C40H52N2O10. The number of H-pyrrole nitrogens is 1. The number of esters is 2. The van der Waals surface area contributed by atoms with Crippen LogP contribution in [0.15, 0.2) is 24.3 Å². The molecule has 2 aliphatic heterocycles. The number of hydrogen-bond acceptors (Lipinski definition) is 11. The molecule has 12 heteroatoms. The summed E-state index contributed by atoms with van der Waals surface area (Å²) in [5.74, 6) is -0.00816. The van der Waals surface area contributed by atoms with E-state index in [9.17, 15) is 14.4 Å². The number of nitrogens with one attached hydrogen (secondary N) is 1. The van der Waals surface area contributed by atoms with E-state index in [0.29, 0.717) is 54.4 Å². The van der Waals surface area contributed by atoms with Crippen LogP contribution in [0.3, 0.4) is 0 Å². The second-order valence-corrected chi connectivity index (χ2v) is 14.1. The van der Waals surface area contributed by atoms with E-state index in [2.05, 4.69) is 22.9 Å². The number of rotatable bonds is 14. The van der Waals surface area contributed by atoms with Gasteiger partial charge in [0, 0.05) is 37.7 Å². The van der Waals surface area contributed by atoms with Crippen molar-refractivity contribution in [2.24, 2.45) is 17.8 Å². The Balaban J connectivity index is 1.30. The monoisotopic (exact) mass is 720 g/mol. The van der Waals surface area contributed by atoms with Gasteiger partial charge in [-0.15, -0.1) is 0 Å². The average molecular weight is 721 g/mol. The van der Waals surface area contributed by atoms with Gasteiger partial charge in [0.05, 0.1) is 64.2 Å². The van der Waals surface area contributed by atoms with Crippen LogP contribution in [-0.4, -0.2) is 95.6 Å². The summed E-state index contributed by atoms with van der Waals surface area (Å²) in [7, 11) is 9.00. The molecule has 3 aliphatic rings. The molecule has 1 N–H and O–H groups in total. The van der Waals surface area contributed by atoms with Crippen molar-refractivity contribution in [3.63, 3.8) is 0 Å². The number of methoxy groups -OCH3 is 6. The van der Waals surface area contributed by atoms with Crippen molar-refractivity contribution in [3.8, 4) is 23.0 Å². The smallest absolute Gasteiger partial charge is 0.338 e. The average Bonchev–Trinajstić information content (AvgIpc) is 3.55. The molecule has 2 fully saturated rings. The molecule has 2 aromatic carbocycles. The maximum Gasteiger partial charge on any atom is 0.338 e. The van der Waals surface area contributed by atoms with Gasteiger partial charge in [-0.1, -0.05) is 26.2 Å². The number of aromatic nitrogens is 1. The third kappa shape index (κ3) is 6.82. The molecule has 0 amide bonds. The molecule has 6 rings (SSSR count). The fraction of sp³-hybridized carbons (Fsp3) is 0.575. The SMILES string of the molecule is CCCCCCC(=O)c1c(OC)ccc2c3c([nH]c12)[C@H]1C[C@H]2[C@H](C[C@@H](OC(=O)c4cc(OC)c(OC)c(OC)c4)[C@H](OC)[C@H]2C(=O)OC)CN1CC3. The van der Waals surface area contributed by atoms with Gasteiger partial charge >= 0.3 is 11.9 Å². The van der Waals surface area contributed by atoms with Crippen molar-refractivity contribution in [1.29, 1.82) is 0 Å². The first kappa shape index (κ1) is 37.5. The lowest BCUT2D eigenvalue weighted by Gasteiger charge is -2.52. The van der Waals surface area contributed by atoms with Crippen molar-refractivity contribution >= 4 is 28.6 Å². The molecule has 0 bridgehead atoms. The first-order valence-corrected chi connectivity index (χ1v) is 18.3. The summed E-state index contributed by atoms with van der Waals surface area (Å²) < 4.78 is 39.6. The Morgan fingerprint density at radius 3 is 2.25 bits per heavy atom.